The van der Waals surface area contributed by atoms with Gasteiger partial charge in [-0.3, -0.25) is 4.79 Å². The number of nitrogen functional groups attached to an aromatic ring is 1. The average Bonchev–Trinajstić information content (AvgIpc) is 3.07. The fourth-order valence-electron chi connectivity index (χ4n) is 3.10. The number of carbonyl (C=O) groups is 1. The third-order valence-electron chi connectivity index (χ3n) is 4.19. The zero-order valence-electron chi connectivity index (χ0n) is 13.0. The van der Waals surface area contributed by atoms with Crippen LogP contribution in [0.1, 0.15) is 46.5 Å². The SMILES string of the molecule is CCCN(C(=O)c1ccoc1C)[C@H]1CCc2nc(N)sc2C1. The van der Waals surface area contributed by atoms with Gasteiger partial charge in [0.25, 0.3) is 5.91 Å². The molecule has 2 aromatic rings. The second kappa shape index (κ2) is 6.12. The Morgan fingerprint density at radius 3 is 3.09 bits per heavy atom. The van der Waals surface area contributed by atoms with Gasteiger partial charge in [0.1, 0.15) is 5.76 Å². The number of anilines is 1. The van der Waals surface area contributed by atoms with Gasteiger partial charge in [-0.2, -0.15) is 0 Å². The van der Waals surface area contributed by atoms with Gasteiger partial charge in [0.15, 0.2) is 5.13 Å². The van der Waals surface area contributed by atoms with E-state index in [1.54, 1.807) is 23.7 Å². The summed E-state index contributed by atoms with van der Waals surface area (Å²) < 4.78 is 5.29. The monoisotopic (exact) mass is 319 g/mol. The lowest BCUT2D eigenvalue weighted by Crippen LogP contribution is -2.43. The van der Waals surface area contributed by atoms with E-state index in [0.717, 1.165) is 37.9 Å². The highest BCUT2D eigenvalue weighted by molar-refractivity contribution is 7.15. The van der Waals surface area contributed by atoms with Crippen LogP contribution in [-0.4, -0.2) is 28.4 Å². The van der Waals surface area contributed by atoms with Crippen LogP contribution >= 0.6 is 11.3 Å². The predicted molar refractivity (Wildman–Crippen MR) is 87.1 cm³/mol. The highest BCUT2D eigenvalue weighted by Crippen LogP contribution is 2.31. The quantitative estimate of drug-likeness (QED) is 0.940. The van der Waals surface area contributed by atoms with Gasteiger partial charge in [0.2, 0.25) is 0 Å². The fourth-order valence-corrected chi connectivity index (χ4v) is 4.05. The molecule has 5 nitrogen and oxygen atoms in total. The summed E-state index contributed by atoms with van der Waals surface area (Å²) in [6.07, 6.45) is 5.21. The van der Waals surface area contributed by atoms with Gasteiger partial charge in [-0.15, -0.1) is 11.3 Å². The van der Waals surface area contributed by atoms with Crippen molar-refractivity contribution in [3.63, 3.8) is 0 Å². The number of hydrogen-bond acceptors (Lipinski definition) is 5. The maximum absolute atomic E-state index is 12.9. The Morgan fingerprint density at radius 2 is 2.41 bits per heavy atom. The number of furan rings is 1. The molecule has 0 saturated heterocycles. The van der Waals surface area contributed by atoms with Crippen molar-refractivity contribution in [3.05, 3.63) is 34.2 Å². The molecular formula is C16H21N3O2S. The van der Waals surface area contributed by atoms with Crippen LogP contribution in [0.25, 0.3) is 0 Å². The minimum absolute atomic E-state index is 0.0686. The van der Waals surface area contributed by atoms with Gasteiger partial charge in [-0.25, -0.2) is 4.98 Å². The maximum Gasteiger partial charge on any atom is 0.257 e. The number of nitrogens with zero attached hydrogens (tertiary/aromatic N) is 2. The predicted octanol–water partition coefficient (Wildman–Crippen LogP) is 3.04. The molecule has 118 valence electrons. The summed E-state index contributed by atoms with van der Waals surface area (Å²) in [6, 6.07) is 1.98. The third-order valence-corrected chi connectivity index (χ3v) is 5.13. The van der Waals surface area contributed by atoms with Gasteiger partial charge in [-0.05, 0) is 32.3 Å². The molecule has 0 fully saturated rings. The number of hydrogen-bond donors (Lipinski definition) is 1. The first-order valence-corrected chi connectivity index (χ1v) is 8.51. The zero-order chi connectivity index (χ0) is 15.7. The summed E-state index contributed by atoms with van der Waals surface area (Å²) in [5.74, 6) is 0.753. The van der Waals surface area contributed by atoms with Crippen molar-refractivity contribution in [1.29, 1.82) is 0 Å². The summed E-state index contributed by atoms with van der Waals surface area (Å²) in [7, 11) is 0. The molecule has 0 aromatic carbocycles. The van der Waals surface area contributed by atoms with E-state index in [1.807, 2.05) is 11.8 Å². The Hall–Kier alpha value is -1.82. The number of fused-ring (bicyclic) bond motifs is 1. The molecule has 22 heavy (non-hydrogen) atoms. The lowest BCUT2D eigenvalue weighted by molar-refractivity contribution is 0.0660. The normalized spacial score (nSPS) is 17.3. The molecule has 2 heterocycles. The largest absolute Gasteiger partial charge is 0.469 e. The van der Waals surface area contributed by atoms with E-state index in [1.165, 1.54) is 4.88 Å². The first kappa shape index (κ1) is 15.1. The van der Waals surface area contributed by atoms with Crippen LogP contribution in [0.2, 0.25) is 0 Å². The number of rotatable bonds is 4. The molecule has 2 aromatic heterocycles. The number of thiazole rings is 1. The third kappa shape index (κ3) is 2.75. The van der Waals surface area contributed by atoms with E-state index >= 15 is 0 Å². The first-order chi connectivity index (χ1) is 10.6. The minimum Gasteiger partial charge on any atom is -0.469 e. The summed E-state index contributed by atoms with van der Waals surface area (Å²) in [5, 5.41) is 0.629. The van der Waals surface area contributed by atoms with Crippen molar-refractivity contribution in [2.24, 2.45) is 0 Å². The lowest BCUT2D eigenvalue weighted by Gasteiger charge is -2.33. The van der Waals surface area contributed by atoms with Gasteiger partial charge in [0, 0.05) is 23.9 Å². The van der Waals surface area contributed by atoms with Crippen molar-refractivity contribution in [1.82, 2.24) is 9.88 Å². The van der Waals surface area contributed by atoms with Crippen molar-refractivity contribution in [3.8, 4) is 0 Å². The van der Waals surface area contributed by atoms with Crippen LogP contribution in [-0.2, 0) is 12.8 Å². The van der Waals surface area contributed by atoms with Gasteiger partial charge < -0.3 is 15.1 Å². The van der Waals surface area contributed by atoms with Gasteiger partial charge in [0.05, 0.1) is 17.5 Å². The van der Waals surface area contributed by atoms with Crippen molar-refractivity contribution in [2.45, 2.75) is 45.6 Å². The first-order valence-electron chi connectivity index (χ1n) is 7.69. The second-order valence-electron chi connectivity index (χ2n) is 5.71. The topological polar surface area (TPSA) is 72.4 Å². The van der Waals surface area contributed by atoms with E-state index in [2.05, 4.69) is 11.9 Å². The van der Waals surface area contributed by atoms with Crippen molar-refractivity contribution >= 4 is 22.4 Å². The molecular weight excluding hydrogens is 298 g/mol. The summed E-state index contributed by atoms with van der Waals surface area (Å²) in [6.45, 7) is 4.69. The van der Waals surface area contributed by atoms with Crippen LogP contribution in [0.5, 0.6) is 0 Å². The Kier molecular flexibility index (Phi) is 4.20. The molecule has 6 heteroatoms. The molecule has 0 spiro atoms. The highest BCUT2D eigenvalue weighted by Gasteiger charge is 2.30. The molecule has 0 saturated carbocycles. The molecule has 1 atom stereocenters. The van der Waals surface area contributed by atoms with Crippen molar-refractivity contribution < 1.29 is 9.21 Å². The molecule has 0 radical (unpaired) electrons. The Balaban J connectivity index is 1.83. The highest BCUT2D eigenvalue weighted by atomic mass is 32.1. The number of carbonyl (C=O) groups excluding carboxylic acids is 1. The van der Waals surface area contributed by atoms with Crippen LogP contribution in [0.4, 0.5) is 5.13 Å². The van der Waals surface area contributed by atoms with Gasteiger partial charge >= 0.3 is 0 Å². The lowest BCUT2D eigenvalue weighted by atomic mass is 9.95. The molecule has 0 bridgehead atoms. The van der Waals surface area contributed by atoms with Crippen molar-refractivity contribution in [2.75, 3.05) is 12.3 Å². The summed E-state index contributed by atoms with van der Waals surface area (Å²) >= 11 is 1.55. The van der Waals surface area contributed by atoms with E-state index < -0.39 is 0 Å². The molecule has 0 aliphatic heterocycles. The molecule has 3 rings (SSSR count). The van der Waals surface area contributed by atoms with E-state index in [0.29, 0.717) is 16.5 Å². The number of amides is 1. The molecule has 1 aliphatic carbocycles. The fraction of sp³-hybridized carbons (Fsp3) is 0.500. The van der Waals surface area contributed by atoms with Crippen LogP contribution < -0.4 is 5.73 Å². The van der Waals surface area contributed by atoms with E-state index in [9.17, 15) is 4.79 Å². The Bertz CT molecular complexity index is 677. The van der Waals surface area contributed by atoms with Gasteiger partial charge in [-0.1, -0.05) is 6.92 Å². The van der Waals surface area contributed by atoms with E-state index in [-0.39, 0.29) is 11.9 Å². The number of aryl methyl sites for hydroxylation is 2. The standard InChI is InChI=1S/C16H21N3O2S/c1-3-7-19(15(20)12-6-8-21-10(12)2)11-4-5-13-14(9-11)22-16(17)18-13/h6,8,11H,3-5,7,9H2,1-2H3,(H2,17,18)/t11-/m0/s1. The zero-order valence-corrected chi connectivity index (χ0v) is 13.8. The molecule has 1 amide bonds. The summed E-state index contributed by atoms with van der Waals surface area (Å²) in [4.78, 5) is 20.5. The molecule has 1 aliphatic rings. The number of aromatic nitrogens is 1. The maximum atomic E-state index is 12.9. The number of nitrogens with two attached hydrogens (primary N) is 1. The summed E-state index contributed by atoms with van der Waals surface area (Å²) in [5.41, 5.74) is 7.59. The molecule has 2 N–H and O–H groups in total. The van der Waals surface area contributed by atoms with Crippen LogP contribution in [0.3, 0.4) is 0 Å². The molecule has 0 unspecified atom stereocenters. The second-order valence-corrected chi connectivity index (χ2v) is 6.82. The smallest absolute Gasteiger partial charge is 0.257 e. The Labute approximate surface area is 134 Å². The van der Waals surface area contributed by atoms with Crippen LogP contribution in [0, 0.1) is 6.92 Å². The minimum atomic E-state index is 0.0686. The average molecular weight is 319 g/mol. The Morgan fingerprint density at radius 1 is 1.59 bits per heavy atom. The van der Waals surface area contributed by atoms with Crippen LogP contribution in [0.15, 0.2) is 16.7 Å². The van der Waals surface area contributed by atoms with E-state index in [4.69, 9.17) is 10.2 Å².